The predicted octanol–water partition coefficient (Wildman–Crippen LogP) is -0.626. The Hall–Kier alpha value is -3.16. The van der Waals surface area contributed by atoms with Crippen LogP contribution in [0.2, 0.25) is 0 Å². The molecule has 1 saturated heterocycles. The van der Waals surface area contributed by atoms with E-state index in [0.717, 1.165) is 42.6 Å². The maximum atomic E-state index is 12.8. The van der Waals surface area contributed by atoms with Gasteiger partial charge in [-0.15, -0.1) is 0 Å². The number of H-pyrrole nitrogens is 2. The van der Waals surface area contributed by atoms with Crippen LogP contribution >= 0.6 is 0 Å². The molecular weight excluding hydrogens is 368 g/mol. The van der Waals surface area contributed by atoms with E-state index in [-0.39, 0.29) is 5.75 Å². The van der Waals surface area contributed by atoms with Gasteiger partial charge in [0.1, 0.15) is 44.0 Å². The minimum absolute atomic E-state index is 0.185. The van der Waals surface area contributed by atoms with Crippen molar-refractivity contribution in [3.63, 3.8) is 0 Å². The molecule has 0 bridgehead atoms. The summed E-state index contributed by atoms with van der Waals surface area (Å²) in [6, 6.07) is 13.1. The Morgan fingerprint density at radius 1 is 1.14 bits per heavy atom. The normalized spacial score (nSPS) is 19.8. The third-order valence-corrected chi connectivity index (χ3v) is 5.93. The number of likely N-dealkylation sites (N-methyl/N-ethyl adjacent to an activating group) is 1. The lowest BCUT2D eigenvalue weighted by atomic mass is 10.1. The van der Waals surface area contributed by atoms with E-state index in [1.165, 1.54) is 9.80 Å². The Morgan fingerprint density at radius 3 is 2.72 bits per heavy atom. The number of para-hydroxylation sites is 2. The Morgan fingerprint density at radius 2 is 1.93 bits per heavy atom. The lowest BCUT2D eigenvalue weighted by Gasteiger charge is -2.27. The SMILES string of the molecule is C[NH+]1CC[NH+](Cc2c(O)ccc3cc(-c4[nH]c5ccccc5[nH+]4)c(=O)oc23)CC1. The molecule has 3 heterocycles. The minimum Gasteiger partial charge on any atom is -0.507 e. The van der Waals surface area contributed by atoms with E-state index in [4.69, 9.17) is 4.42 Å². The maximum absolute atomic E-state index is 12.8. The Balaban J connectivity index is 1.57. The van der Waals surface area contributed by atoms with Crippen LogP contribution in [-0.4, -0.2) is 43.3 Å². The number of hydrogen-bond acceptors (Lipinski definition) is 3. The van der Waals surface area contributed by atoms with Gasteiger partial charge in [-0.2, -0.15) is 0 Å². The molecular formula is C22H25N4O3+3. The van der Waals surface area contributed by atoms with E-state index in [2.05, 4.69) is 17.0 Å². The first-order chi connectivity index (χ1) is 14.1. The number of hydrogen-bond donors (Lipinski definition) is 4. The van der Waals surface area contributed by atoms with Crippen LogP contribution in [0.25, 0.3) is 33.4 Å². The number of piperazine rings is 1. The molecule has 4 aromatic rings. The molecule has 29 heavy (non-hydrogen) atoms. The summed E-state index contributed by atoms with van der Waals surface area (Å²) >= 11 is 0. The first-order valence-corrected chi connectivity index (χ1v) is 10.0. The number of aromatic hydroxyl groups is 1. The average molecular weight is 393 g/mol. The van der Waals surface area contributed by atoms with Gasteiger partial charge in [-0.3, -0.25) is 0 Å². The average Bonchev–Trinajstić information content (AvgIpc) is 3.15. The molecule has 0 unspecified atom stereocenters. The second-order valence-electron chi connectivity index (χ2n) is 7.98. The van der Waals surface area contributed by atoms with Crippen molar-refractivity contribution in [3.8, 4) is 17.1 Å². The zero-order valence-corrected chi connectivity index (χ0v) is 16.3. The Labute approximate surface area is 167 Å². The van der Waals surface area contributed by atoms with Crippen molar-refractivity contribution >= 4 is 22.0 Å². The second kappa shape index (κ2) is 7.02. The molecule has 0 radical (unpaired) electrons. The van der Waals surface area contributed by atoms with E-state index >= 15 is 0 Å². The zero-order valence-electron chi connectivity index (χ0n) is 16.3. The lowest BCUT2D eigenvalue weighted by Crippen LogP contribution is -3.26. The molecule has 2 aromatic heterocycles. The molecule has 7 heteroatoms. The fourth-order valence-corrected chi connectivity index (χ4v) is 4.17. The van der Waals surface area contributed by atoms with Crippen LogP contribution in [0.3, 0.4) is 0 Å². The summed E-state index contributed by atoms with van der Waals surface area (Å²) in [7, 11) is 2.20. The fourth-order valence-electron chi connectivity index (χ4n) is 4.17. The molecule has 1 fully saturated rings. The molecule has 7 nitrogen and oxygen atoms in total. The third kappa shape index (κ3) is 3.28. The van der Waals surface area contributed by atoms with Crippen LogP contribution in [0, 0.1) is 0 Å². The molecule has 0 saturated carbocycles. The highest BCUT2D eigenvalue weighted by Gasteiger charge is 2.24. The van der Waals surface area contributed by atoms with Crippen LogP contribution in [-0.2, 0) is 6.54 Å². The summed E-state index contributed by atoms with van der Waals surface area (Å²) < 4.78 is 5.74. The molecule has 5 N–H and O–H groups in total. The quantitative estimate of drug-likeness (QED) is 0.350. The van der Waals surface area contributed by atoms with Crippen LogP contribution in [0.1, 0.15) is 5.56 Å². The number of fused-ring (bicyclic) bond motifs is 2. The van der Waals surface area contributed by atoms with Crippen molar-refractivity contribution in [1.29, 1.82) is 0 Å². The van der Waals surface area contributed by atoms with Gasteiger partial charge < -0.3 is 19.3 Å². The number of phenolic OH excluding ortho intramolecular Hbond substituents is 1. The van der Waals surface area contributed by atoms with Gasteiger partial charge in [0.2, 0.25) is 0 Å². The number of phenols is 1. The summed E-state index contributed by atoms with van der Waals surface area (Å²) in [5.74, 6) is 0.800. The summed E-state index contributed by atoms with van der Waals surface area (Å²) in [4.78, 5) is 22.2. The Bertz CT molecular complexity index is 1220. The van der Waals surface area contributed by atoms with E-state index in [0.29, 0.717) is 29.1 Å². The van der Waals surface area contributed by atoms with Crippen molar-refractivity contribution < 1.29 is 24.3 Å². The fraction of sp³-hybridized carbons (Fsp3) is 0.273. The molecule has 0 amide bonds. The van der Waals surface area contributed by atoms with Crippen LogP contribution < -0.4 is 20.4 Å². The van der Waals surface area contributed by atoms with Gasteiger partial charge >= 0.3 is 5.63 Å². The number of benzene rings is 2. The number of rotatable bonds is 3. The van der Waals surface area contributed by atoms with E-state index in [1.807, 2.05) is 30.3 Å². The van der Waals surface area contributed by atoms with Crippen molar-refractivity contribution in [3.05, 3.63) is 58.4 Å². The summed E-state index contributed by atoms with van der Waals surface area (Å²) in [5.41, 5.74) is 3.06. The summed E-state index contributed by atoms with van der Waals surface area (Å²) in [6.07, 6.45) is 0. The van der Waals surface area contributed by atoms with Crippen molar-refractivity contribution in [1.82, 2.24) is 4.98 Å². The molecule has 0 spiro atoms. The molecule has 5 rings (SSSR count). The van der Waals surface area contributed by atoms with Gasteiger partial charge in [0.05, 0.1) is 12.6 Å². The van der Waals surface area contributed by atoms with Crippen molar-refractivity contribution in [2.45, 2.75) is 6.54 Å². The standard InChI is InChI=1S/C22H22N4O3/c1-25-8-10-26(11-9-25)13-16-19(27)7-6-14-12-15(22(28)29-20(14)16)21-23-17-4-2-3-5-18(17)24-21/h2-7,12,27H,8-11,13H2,1H3,(H,23,24)/p+3. The smallest absolute Gasteiger partial charge is 0.352 e. The van der Waals surface area contributed by atoms with Crippen LogP contribution in [0.15, 0.2) is 51.7 Å². The second-order valence-corrected chi connectivity index (χ2v) is 7.98. The summed E-state index contributed by atoms with van der Waals surface area (Å²) in [6.45, 7) is 4.93. The number of aromatic amines is 2. The number of quaternary nitrogens is 2. The van der Waals surface area contributed by atoms with Crippen LogP contribution in [0.5, 0.6) is 5.75 Å². The minimum atomic E-state index is -0.426. The largest absolute Gasteiger partial charge is 0.507 e. The molecule has 148 valence electrons. The molecule has 0 aliphatic carbocycles. The van der Waals surface area contributed by atoms with Gasteiger partial charge in [0.25, 0.3) is 5.82 Å². The lowest BCUT2D eigenvalue weighted by molar-refractivity contribution is -1.01. The third-order valence-electron chi connectivity index (χ3n) is 5.93. The summed E-state index contributed by atoms with van der Waals surface area (Å²) in [5, 5.41) is 11.3. The van der Waals surface area contributed by atoms with Crippen LogP contribution in [0.4, 0.5) is 0 Å². The number of imidazole rings is 1. The molecule has 0 atom stereocenters. The van der Waals surface area contributed by atoms with Gasteiger partial charge in [-0.1, -0.05) is 12.1 Å². The monoisotopic (exact) mass is 393 g/mol. The highest BCUT2D eigenvalue weighted by Crippen LogP contribution is 2.28. The topological polar surface area (TPSA) is 89.2 Å². The van der Waals surface area contributed by atoms with E-state index < -0.39 is 5.63 Å². The van der Waals surface area contributed by atoms with Gasteiger partial charge in [-0.05, 0) is 30.3 Å². The number of nitrogens with one attached hydrogen (secondary N) is 4. The predicted molar refractivity (Wildman–Crippen MR) is 109 cm³/mol. The van der Waals surface area contributed by atoms with Crippen molar-refractivity contribution in [2.24, 2.45) is 0 Å². The van der Waals surface area contributed by atoms with Gasteiger partial charge in [-0.25, -0.2) is 14.8 Å². The zero-order chi connectivity index (χ0) is 20.0. The van der Waals surface area contributed by atoms with Crippen molar-refractivity contribution in [2.75, 3.05) is 33.2 Å². The van der Waals surface area contributed by atoms with Gasteiger partial charge in [0, 0.05) is 5.39 Å². The first kappa shape index (κ1) is 17.9. The first-order valence-electron chi connectivity index (χ1n) is 10.0. The highest BCUT2D eigenvalue weighted by molar-refractivity contribution is 5.85. The van der Waals surface area contributed by atoms with E-state index in [9.17, 15) is 9.90 Å². The Kier molecular flexibility index (Phi) is 4.34. The number of aromatic nitrogens is 2. The molecule has 2 aromatic carbocycles. The molecule has 1 aliphatic heterocycles. The van der Waals surface area contributed by atoms with Gasteiger partial charge in [0.15, 0.2) is 16.6 Å². The van der Waals surface area contributed by atoms with E-state index in [1.54, 1.807) is 12.1 Å². The maximum Gasteiger partial charge on any atom is 0.352 e. The highest BCUT2D eigenvalue weighted by atomic mass is 16.4. The molecule has 1 aliphatic rings.